The van der Waals surface area contributed by atoms with Crippen molar-refractivity contribution in [2.75, 3.05) is 5.73 Å². The Hall–Kier alpha value is -1.38. The first-order chi connectivity index (χ1) is 6.31. The van der Waals surface area contributed by atoms with Gasteiger partial charge in [0.05, 0.1) is 5.69 Å². The third kappa shape index (κ3) is 1.41. The van der Waals surface area contributed by atoms with E-state index >= 15 is 0 Å². The second-order valence-corrected chi connectivity index (χ2v) is 3.18. The number of anilines is 1. The Balaban J connectivity index is 2.41. The van der Waals surface area contributed by atoms with Crippen LogP contribution in [0, 0.1) is 12.3 Å². The number of nitrogen functional groups attached to an aromatic ring is 1. The van der Waals surface area contributed by atoms with Crippen LogP contribution < -0.4 is 5.73 Å². The fourth-order valence-electron chi connectivity index (χ4n) is 1.54. The van der Waals surface area contributed by atoms with Gasteiger partial charge in [0, 0.05) is 5.56 Å². The summed E-state index contributed by atoms with van der Waals surface area (Å²) in [6, 6.07) is 0. The van der Waals surface area contributed by atoms with Crippen molar-refractivity contribution >= 4 is 11.9 Å². The molecule has 0 saturated heterocycles. The van der Waals surface area contributed by atoms with Gasteiger partial charge in [0.15, 0.2) is 0 Å². The van der Waals surface area contributed by atoms with E-state index in [2.05, 4.69) is 29.4 Å². The lowest BCUT2D eigenvalue weighted by Crippen LogP contribution is -2.11. The van der Waals surface area contributed by atoms with Crippen molar-refractivity contribution in [1.29, 1.82) is 0 Å². The number of hydrogen-bond acceptors (Lipinski definition) is 3. The van der Waals surface area contributed by atoms with Gasteiger partial charge in [-0.2, -0.15) is 6.92 Å². The van der Waals surface area contributed by atoms with Crippen LogP contribution in [0.15, 0.2) is 12.4 Å². The summed E-state index contributed by atoms with van der Waals surface area (Å²) >= 11 is 0. The smallest absolute Gasteiger partial charge is 0.130 e. The van der Waals surface area contributed by atoms with Crippen LogP contribution in [0.5, 0.6) is 0 Å². The van der Waals surface area contributed by atoms with Crippen LogP contribution in [0.1, 0.15) is 18.2 Å². The topological polar surface area (TPSA) is 51.8 Å². The predicted octanol–water partition coefficient (Wildman–Crippen LogP) is 1.47. The molecular weight excluding hydrogens is 162 g/mol. The minimum atomic E-state index is 0.473. The van der Waals surface area contributed by atoms with Gasteiger partial charge in [-0.1, -0.05) is 0 Å². The molecular formula is C10H12N3-. The first-order valence-electron chi connectivity index (χ1n) is 4.38. The Kier molecular flexibility index (Phi) is 2.00. The van der Waals surface area contributed by atoms with Gasteiger partial charge < -0.3 is 12.2 Å². The molecule has 0 spiro atoms. The molecule has 0 fully saturated rings. The van der Waals surface area contributed by atoms with Crippen LogP contribution in [0.25, 0.3) is 6.08 Å². The van der Waals surface area contributed by atoms with Gasteiger partial charge in [-0.15, -0.1) is 12.0 Å². The fourth-order valence-corrected chi connectivity index (χ4v) is 1.54. The van der Waals surface area contributed by atoms with Gasteiger partial charge >= 0.3 is 0 Å². The molecule has 0 radical (unpaired) electrons. The summed E-state index contributed by atoms with van der Waals surface area (Å²) in [5, 5.41) is 0. The molecule has 0 aromatic carbocycles. The summed E-state index contributed by atoms with van der Waals surface area (Å²) in [6.45, 7) is 2.06. The molecule has 1 aliphatic rings. The molecule has 1 aromatic heterocycles. The zero-order chi connectivity index (χ0) is 9.26. The van der Waals surface area contributed by atoms with E-state index in [1.165, 1.54) is 6.33 Å². The molecule has 0 aliphatic heterocycles. The molecule has 1 unspecified atom stereocenters. The standard InChI is InChI=1S/C10H12N3/c1-2-7-3-4-9-8(5-7)10(11)13-6-12-9/h2-4,6-7H,5H2,1H3,(H2,11,12,13)/q-1. The zero-order valence-corrected chi connectivity index (χ0v) is 7.57. The van der Waals surface area contributed by atoms with Crippen LogP contribution in [0.4, 0.5) is 5.82 Å². The Morgan fingerprint density at radius 2 is 2.38 bits per heavy atom. The van der Waals surface area contributed by atoms with Gasteiger partial charge in [-0.3, -0.25) is 0 Å². The van der Waals surface area contributed by atoms with Gasteiger partial charge in [-0.25, -0.2) is 9.97 Å². The van der Waals surface area contributed by atoms with E-state index in [1.807, 2.05) is 6.08 Å². The van der Waals surface area contributed by atoms with Crippen LogP contribution in [0.3, 0.4) is 0 Å². The van der Waals surface area contributed by atoms with E-state index < -0.39 is 0 Å². The number of nitrogens with two attached hydrogens (primary N) is 1. The molecule has 1 aromatic rings. The molecule has 1 atom stereocenters. The summed E-state index contributed by atoms with van der Waals surface area (Å²) in [6.07, 6.45) is 8.76. The quantitative estimate of drug-likeness (QED) is 0.656. The van der Waals surface area contributed by atoms with E-state index in [1.54, 1.807) is 0 Å². The van der Waals surface area contributed by atoms with Gasteiger partial charge in [-0.05, 0) is 12.5 Å². The number of fused-ring (bicyclic) bond motifs is 1. The van der Waals surface area contributed by atoms with Gasteiger partial charge in [0.25, 0.3) is 0 Å². The molecule has 0 bridgehead atoms. The van der Waals surface area contributed by atoms with E-state index in [-0.39, 0.29) is 0 Å². The normalized spacial score (nSPS) is 19.9. The summed E-state index contributed by atoms with van der Waals surface area (Å²) in [7, 11) is 0. The molecule has 1 heterocycles. The molecule has 0 saturated carbocycles. The molecule has 2 N–H and O–H groups in total. The minimum Gasteiger partial charge on any atom is -0.383 e. The molecule has 1 aliphatic carbocycles. The Morgan fingerprint density at radius 3 is 3.15 bits per heavy atom. The summed E-state index contributed by atoms with van der Waals surface area (Å²) in [5.74, 6) is 1.09. The molecule has 0 amide bonds. The SMILES string of the molecule is C[CH-]C1C=Cc2ncnc(N)c2C1. The summed E-state index contributed by atoms with van der Waals surface area (Å²) in [5.41, 5.74) is 7.80. The maximum atomic E-state index is 5.76. The maximum Gasteiger partial charge on any atom is 0.130 e. The van der Waals surface area contributed by atoms with Gasteiger partial charge in [0.2, 0.25) is 0 Å². The van der Waals surface area contributed by atoms with Crippen LogP contribution in [-0.4, -0.2) is 9.97 Å². The Morgan fingerprint density at radius 1 is 1.54 bits per heavy atom. The fraction of sp³-hybridized carbons (Fsp3) is 0.300. The Bertz CT molecular complexity index is 344. The number of aromatic nitrogens is 2. The van der Waals surface area contributed by atoms with E-state index in [9.17, 15) is 0 Å². The van der Waals surface area contributed by atoms with Crippen molar-refractivity contribution in [1.82, 2.24) is 9.97 Å². The molecule has 3 heteroatoms. The zero-order valence-electron chi connectivity index (χ0n) is 7.57. The van der Waals surface area contributed by atoms with Crippen molar-refractivity contribution in [3.05, 3.63) is 30.1 Å². The van der Waals surface area contributed by atoms with Crippen LogP contribution in [-0.2, 0) is 6.42 Å². The van der Waals surface area contributed by atoms with Crippen molar-refractivity contribution < 1.29 is 0 Å². The Labute approximate surface area is 77.7 Å². The second-order valence-electron chi connectivity index (χ2n) is 3.18. The first kappa shape index (κ1) is 8.23. The summed E-state index contributed by atoms with van der Waals surface area (Å²) < 4.78 is 0. The summed E-state index contributed by atoms with van der Waals surface area (Å²) in [4.78, 5) is 8.14. The highest BCUT2D eigenvalue weighted by Crippen LogP contribution is 2.25. The minimum absolute atomic E-state index is 0.473. The highest BCUT2D eigenvalue weighted by Gasteiger charge is 2.11. The van der Waals surface area contributed by atoms with E-state index in [4.69, 9.17) is 5.73 Å². The predicted molar refractivity (Wildman–Crippen MR) is 52.6 cm³/mol. The number of allylic oxidation sites excluding steroid dienone is 1. The van der Waals surface area contributed by atoms with E-state index in [0.29, 0.717) is 11.7 Å². The molecule has 13 heavy (non-hydrogen) atoms. The lowest BCUT2D eigenvalue weighted by atomic mass is 9.91. The monoisotopic (exact) mass is 174 g/mol. The van der Waals surface area contributed by atoms with Gasteiger partial charge in [0.1, 0.15) is 12.1 Å². The van der Waals surface area contributed by atoms with Crippen molar-refractivity contribution in [2.24, 2.45) is 5.92 Å². The average Bonchev–Trinajstić information content (AvgIpc) is 2.18. The lowest BCUT2D eigenvalue weighted by molar-refractivity contribution is 0.732. The molecule has 3 nitrogen and oxygen atoms in total. The number of rotatable bonds is 1. The highest BCUT2D eigenvalue weighted by atomic mass is 14.9. The number of nitrogens with zero attached hydrogens (tertiary/aromatic N) is 2. The largest absolute Gasteiger partial charge is 0.383 e. The molecule has 68 valence electrons. The van der Waals surface area contributed by atoms with Crippen LogP contribution >= 0.6 is 0 Å². The van der Waals surface area contributed by atoms with Crippen molar-refractivity contribution in [3.63, 3.8) is 0 Å². The average molecular weight is 174 g/mol. The number of hydrogen-bond donors (Lipinski definition) is 1. The second kappa shape index (κ2) is 3.17. The maximum absolute atomic E-state index is 5.76. The van der Waals surface area contributed by atoms with Crippen molar-refractivity contribution in [2.45, 2.75) is 13.3 Å². The molecule has 2 rings (SSSR count). The van der Waals surface area contributed by atoms with E-state index in [0.717, 1.165) is 17.7 Å². The van der Waals surface area contributed by atoms with Crippen molar-refractivity contribution in [3.8, 4) is 0 Å². The van der Waals surface area contributed by atoms with Crippen LogP contribution in [0.2, 0.25) is 0 Å². The first-order valence-corrected chi connectivity index (χ1v) is 4.38. The highest BCUT2D eigenvalue weighted by molar-refractivity contribution is 5.59. The third-order valence-corrected chi connectivity index (χ3v) is 2.38. The lowest BCUT2D eigenvalue weighted by Gasteiger charge is -2.24. The third-order valence-electron chi connectivity index (χ3n) is 2.38.